The van der Waals surface area contributed by atoms with Gasteiger partial charge in [-0.3, -0.25) is 4.57 Å². The Balaban J connectivity index is 0.000000265. The van der Waals surface area contributed by atoms with Crippen LogP contribution in [-0.4, -0.2) is 32.9 Å². The van der Waals surface area contributed by atoms with Gasteiger partial charge in [0.15, 0.2) is 0 Å². The SMILES string of the molecule is CCONCCN.O=[PH]1OCCCCO1. The van der Waals surface area contributed by atoms with Crippen LogP contribution in [0, 0.1) is 0 Å². The van der Waals surface area contributed by atoms with Gasteiger partial charge >= 0.3 is 8.25 Å². The molecule has 3 N–H and O–H groups in total. The molecule has 7 heteroatoms. The molecule has 92 valence electrons. The molecule has 0 aromatic carbocycles. The summed E-state index contributed by atoms with van der Waals surface area (Å²) < 4.78 is 19.9. The molecule has 1 saturated heterocycles. The zero-order valence-corrected chi connectivity index (χ0v) is 10.2. The van der Waals surface area contributed by atoms with E-state index in [0.717, 1.165) is 19.4 Å². The smallest absolute Gasteiger partial charge is 0.319 e. The van der Waals surface area contributed by atoms with Crippen molar-refractivity contribution in [3.8, 4) is 0 Å². The second-order valence-corrected chi connectivity index (χ2v) is 3.85. The first-order valence-corrected chi connectivity index (χ1v) is 6.38. The van der Waals surface area contributed by atoms with Crippen LogP contribution in [0.2, 0.25) is 0 Å². The van der Waals surface area contributed by atoms with Crippen molar-refractivity contribution in [1.29, 1.82) is 0 Å². The second kappa shape index (κ2) is 12.1. The first kappa shape index (κ1) is 15.0. The Kier molecular flexibility index (Phi) is 12.1. The van der Waals surface area contributed by atoms with Crippen LogP contribution >= 0.6 is 8.25 Å². The largest absolute Gasteiger partial charge is 0.329 e. The zero-order valence-electron chi connectivity index (χ0n) is 9.16. The highest BCUT2D eigenvalue weighted by Crippen LogP contribution is 2.26. The predicted molar refractivity (Wildman–Crippen MR) is 58.8 cm³/mol. The van der Waals surface area contributed by atoms with E-state index in [1.165, 1.54) is 0 Å². The van der Waals surface area contributed by atoms with Gasteiger partial charge in [-0.25, -0.2) is 5.48 Å². The summed E-state index contributed by atoms with van der Waals surface area (Å²) in [5.41, 5.74) is 7.79. The van der Waals surface area contributed by atoms with Gasteiger partial charge in [0.25, 0.3) is 0 Å². The molecule has 0 atom stereocenters. The van der Waals surface area contributed by atoms with E-state index in [4.69, 9.17) is 19.6 Å². The third-order valence-electron chi connectivity index (χ3n) is 1.47. The molecule has 0 bridgehead atoms. The number of rotatable bonds is 4. The molecule has 0 radical (unpaired) electrons. The van der Waals surface area contributed by atoms with Crippen molar-refractivity contribution in [3.63, 3.8) is 0 Å². The molecule has 0 unspecified atom stereocenters. The highest BCUT2D eigenvalue weighted by atomic mass is 31.1. The third-order valence-corrected chi connectivity index (χ3v) is 2.35. The van der Waals surface area contributed by atoms with Crippen molar-refractivity contribution in [1.82, 2.24) is 5.48 Å². The number of hydrogen-bond acceptors (Lipinski definition) is 6. The maximum Gasteiger partial charge on any atom is 0.319 e. The van der Waals surface area contributed by atoms with Crippen LogP contribution in [0.15, 0.2) is 0 Å². The van der Waals surface area contributed by atoms with E-state index >= 15 is 0 Å². The zero-order chi connectivity index (χ0) is 11.4. The van der Waals surface area contributed by atoms with Crippen LogP contribution in [0.25, 0.3) is 0 Å². The molecule has 0 saturated carbocycles. The minimum atomic E-state index is -2.08. The number of hydrogen-bond donors (Lipinski definition) is 2. The first-order chi connectivity index (χ1) is 7.31. The Morgan fingerprint density at radius 2 is 2.00 bits per heavy atom. The Hall–Kier alpha value is 0.0300. The highest BCUT2D eigenvalue weighted by Gasteiger charge is 2.03. The average Bonchev–Trinajstić information content (AvgIpc) is 2.48. The maximum atomic E-state index is 10.4. The standard InChI is InChI=1S/C4H12N2O.C4H9O3P/c1-2-7-6-4-3-5;5-8-6-3-1-2-4-7-8/h6H,2-5H2,1H3;8H,1-4H2. The summed E-state index contributed by atoms with van der Waals surface area (Å²) in [6, 6.07) is 0. The van der Waals surface area contributed by atoms with Crippen LogP contribution in [0.1, 0.15) is 19.8 Å². The minimum absolute atomic E-state index is 0.595. The Morgan fingerprint density at radius 3 is 2.47 bits per heavy atom. The summed E-state index contributed by atoms with van der Waals surface area (Å²) in [6.07, 6.45) is 1.94. The number of nitrogens with two attached hydrogens (primary N) is 1. The van der Waals surface area contributed by atoms with Gasteiger partial charge in [0.2, 0.25) is 0 Å². The van der Waals surface area contributed by atoms with Gasteiger partial charge < -0.3 is 19.6 Å². The summed E-state index contributed by atoms with van der Waals surface area (Å²) in [6.45, 7) is 5.16. The normalized spacial score (nSPS) is 17.7. The summed E-state index contributed by atoms with van der Waals surface area (Å²) >= 11 is 0. The van der Waals surface area contributed by atoms with Crippen molar-refractivity contribution in [2.75, 3.05) is 32.9 Å². The lowest BCUT2D eigenvalue weighted by molar-refractivity contribution is 0.0532. The molecule has 1 heterocycles. The molecule has 6 nitrogen and oxygen atoms in total. The summed E-state index contributed by atoms with van der Waals surface area (Å²) in [7, 11) is -2.08. The van der Waals surface area contributed by atoms with E-state index in [-0.39, 0.29) is 0 Å². The fourth-order valence-electron chi connectivity index (χ4n) is 0.790. The van der Waals surface area contributed by atoms with Gasteiger partial charge in [-0.05, 0) is 19.8 Å². The lowest BCUT2D eigenvalue weighted by Gasteiger charge is -1.97. The Morgan fingerprint density at radius 1 is 1.40 bits per heavy atom. The number of nitrogens with one attached hydrogen (secondary N) is 1. The second-order valence-electron chi connectivity index (χ2n) is 2.77. The summed E-state index contributed by atoms with van der Waals surface area (Å²) in [4.78, 5) is 4.74. The molecule has 1 aliphatic heterocycles. The third kappa shape index (κ3) is 12.0. The van der Waals surface area contributed by atoms with Crippen molar-refractivity contribution in [2.24, 2.45) is 5.73 Å². The predicted octanol–water partition coefficient (Wildman–Crippen LogP) is 0.689. The molecule has 1 fully saturated rings. The minimum Gasteiger partial charge on any atom is -0.329 e. The van der Waals surface area contributed by atoms with Gasteiger partial charge in [0, 0.05) is 13.1 Å². The van der Waals surface area contributed by atoms with Crippen LogP contribution in [0.3, 0.4) is 0 Å². The van der Waals surface area contributed by atoms with Crippen LogP contribution in [-0.2, 0) is 18.5 Å². The molecular weight excluding hydrogens is 219 g/mol. The van der Waals surface area contributed by atoms with Gasteiger partial charge in [0.1, 0.15) is 0 Å². The summed E-state index contributed by atoms with van der Waals surface area (Å²) in [5, 5.41) is 0. The molecular formula is C8H21N2O4P. The molecule has 0 spiro atoms. The maximum absolute atomic E-state index is 10.4. The summed E-state index contributed by atoms with van der Waals surface area (Å²) in [5.74, 6) is 0. The monoisotopic (exact) mass is 240 g/mol. The molecule has 0 aromatic rings. The van der Waals surface area contributed by atoms with E-state index in [1.54, 1.807) is 0 Å². The van der Waals surface area contributed by atoms with Crippen LogP contribution < -0.4 is 11.2 Å². The van der Waals surface area contributed by atoms with Crippen molar-refractivity contribution < 1.29 is 18.5 Å². The van der Waals surface area contributed by atoms with E-state index in [0.29, 0.717) is 26.4 Å². The van der Waals surface area contributed by atoms with Gasteiger partial charge in [-0.2, -0.15) is 0 Å². The van der Waals surface area contributed by atoms with E-state index < -0.39 is 8.25 Å². The molecule has 0 aliphatic carbocycles. The van der Waals surface area contributed by atoms with Crippen molar-refractivity contribution in [2.45, 2.75) is 19.8 Å². The van der Waals surface area contributed by atoms with Gasteiger partial charge in [-0.15, -0.1) is 0 Å². The van der Waals surface area contributed by atoms with E-state index in [1.807, 2.05) is 6.92 Å². The quantitative estimate of drug-likeness (QED) is 0.427. The van der Waals surface area contributed by atoms with Gasteiger partial charge in [-0.1, -0.05) is 0 Å². The Labute approximate surface area is 91.4 Å². The lowest BCUT2D eigenvalue weighted by Crippen LogP contribution is -2.22. The molecule has 0 aromatic heterocycles. The molecule has 15 heavy (non-hydrogen) atoms. The Bertz CT molecular complexity index is 146. The number of hydroxylamine groups is 1. The van der Waals surface area contributed by atoms with Gasteiger partial charge in [0.05, 0.1) is 19.8 Å². The molecule has 1 rings (SSSR count). The molecule has 1 aliphatic rings. The van der Waals surface area contributed by atoms with E-state index in [9.17, 15) is 4.57 Å². The van der Waals surface area contributed by atoms with Crippen molar-refractivity contribution >= 4 is 8.25 Å². The van der Waals surface area contributed by atoms with Crippen LogP contribution in [0.5, 0.6) is 0 Å². The first-order valence-electron chi connectivity index (χ1n) is 5.15. The van der Waals surface area contributed by atoms with Crippen molar-refractivity contribution in [3.05, 3.63) is 0 Å². The van der Waals surface area contributed by atoms with Crippen LogP contribution in [0.4, 0.5) is 0 Å². The lowest BCUT2D eigenvalue weighted by atomic mass is 10.3. The van der Waals surface area contributed by atoms with E-state index in [2.05, 4.69) is 5.48 Å². The average molecular weight is 240 g/mol. The highest BCUT2D eigenvalue weighted by molar-refractivity contribution is 7.33. The fraction of sp³-hybridized carbons (Fsp3) is 1.00. The topological polar surface area (TPSA) is 82.8 Å². The molecule has 0 amide bonds. The fourth-order valence-corrected chi connectivity index (χ4v) is 1.50.